The molecule has 0 aliphatic carbocycles. The van der Waals surface area contributed by atoms with E-state index in [2.05, 4.69) is 10.6 Å². The Hall–Kier alpha value is -1.79. The normalized spacial score (nSPS) is 12.4. The molecule has 0 bridgehead atoms. The highest BCUT2D eigenvalue weighted by molar-refractivity contribution is 5.85. The molecule has 0 radical (unpaired) electrons. The summed E-state index contributed by atoms with van der Waals surface area (Å²) in [7, 11) is 0. The predicted molar refractivity (Wildman–Crippen MR) is 73.0 cm³/mol. The molecule has 110 valence electrons. The van der Waals surface area contributed by atoms with Crippen molar-refractivity contribution in [3.63, 3.8) is 0 Å². The van der Waals surface area contributed by atoms with Crippen molar-refractivity contribution >= 4 is 17.8 Å². The van der Waals surface area contributed by atoms with Gasteiger partial charge in [0.15, 0.2) is 11.7 Å². The van der Waals surface area contributed by atoms with E-state index in [0.29, 0.717) is 19.4 Å². The van der Waals surface area contributed by atoms with Crippen LogP contribution in [0.5, 0.6) is 0 Å². The fourth-order valence-electron chi connectivity index (χ4n) is 1.36. The molecule has 0 saturated carbocycles. The number of alkyl carbamates (subject to hydrolysis) is 1. The molecule has 0 aliphatic rings. The van der Waals surface area contributed by atoms with Crippen LogP contribution >= 0.6 is 0 Å². The topological polar surface area (TPSA) is 117 Å². The van der Waals surface area contributed by atoms with E-state index in [1.165, 1.54) is 6.92 Å². The van der Waals surface area contributed by atoms with E-state index < -0.39 is 17.7 Å². The number of carbonyl (C=O) groups is 2. The van der Waals surface area contributed by atoms with Crippen molar-refractivity contribution in [2.75, 3.05) is 6.54 Å². The molecule has 7 nitrogen and oxygen atoms in total. The van der Waals surface area contributed by atoms with E-state index >= 15 is 0 Å². The van der Waals surface area contributed by atoms with E-state index in [1.807, 2.05) is 0 Å². The van der Waals surface area contributed by atoms with Gasteiger partial charge in [-0.15, -0.1) is 0 Å². The first-order valence-electron chi connectivity index (χ1n) is 6.19. The van der Waals surface area contributed by atoms with Crippen molar-refractivity contribution in [3.05, 3.63) is 0 Å². The molecule has 0 unspecified atom stereocenters. The summed E-state index contributed by atoms with van der Waals surface area (Å²) in [5, 5.41) is 12.2. The lowest BCUT2D eigenvalue weighted by atomic mass is 10.1. The van der Waals surface area contributed by atoms with Crippen molar-refractivity contribution in [3.8, 4) is 0 Å². The molecule has 1 atom stereocenters. The molecule has 0 fully saturated rings. The van der Waals surface area contributed by atoms with Crippen LogP contribution in [0.4, 0.5) is 4.79 Å². The van der Waals surface area contributed by atoms with Gasteiger partial charge in [0.1, 0.15) is 5.60 Å². The van der Waals surface area contributed by atoms with Crippen molar-refractivity contribution in [1.82, 2.24) is 10.6 Å². The molecule has 7 heteroatoms. The third-order valence-corrected chi connectivity index (χ3v) is 2.17. The largest absolute Gasteiger partial charge is 0.444 e. The van der Waals surface area contributed by atoms with Crippen molar-refractivity contribution in [2.45, 2.75) is 52.2 Å². The third-order valence-electron chi connectivity index (χ3n) is 2.17. The van der Waals surface area contributed by atoms with E-state index in [4.69, 9.17) is 15.9 Å². The van der Waals surface area contributed by atoms with Crippen molar-refractivity contribution < 1.29 is 14.3 Å². The van der Waals surface area contributed by atoms with Gasteiger partial charge in [0.05, 0.1) is 6.04 Å². The Labute approximate surface area is 113 Å². The van der Waals surface area contributed by atoms with Crippen LogP contribution in [0.2, 0.25) is 0 Å². The second-order valence-electron chi connectivity index (χ2n) is 5.29. The summed E-state index contributed by atoms with van der Waals surface area (Å²) in [6.45, 7) is 7.17. The van der Waals surface area contributed by atoms with Gasteiger partial charge in [0, 0.05) is 6.54 Å². The minimum absolute atomic E-state index is 0.112. The second kappa shape index (κ2) is 7.60. The van der Waals surface area contributed by atoms with Crippen LogP contribution in [0.25, 0.3) is 0 Å². The molecular weight excluding hydrogens is 248 g/mol. The Morgan fingerprint density at radius 1 is 1.37 bits per heavy atom. The fourth-order valence-corrected chi connectivity index (χ4v) is 1.36. The molecule has 0 saturated heterocycles. The number of guanidine groups is 1. The fraction of sp³-hybridized carbons (Fsp3) is 0.750. The molecule has 19 heavy (non-hydrogen) atoms. The summed E-state index contributed by atoms with van der Waals surface area (Å²) < 4.78 is 5.09. The Kier molecular flexibility index (Phi) is 6.89. The number of ketones is 1. The monoisotopic (exact) mass is 272 g/mol. The first kappa shape index (κ1) is 17.2. The van der Waals surface area contributed by atoms with Crippen LogP contribution in [0.3, 0.4) is 0 Å². The van der Waals surface area contributed by atoms with Crippen molar-refractivity contribution in [1.29, 1.82) is 5.41 Å². The summed E-state index contributed by atoms with van der Waals surface area (Å²) in [4.78, 5) is 23.0. The van der Waals surface area contributed by atoms with Crippen LogP contribution < -0.4 is 16.4 Å². The Balaban J connectivity index is 4.16. The van der Waals surface area contributed by atoms with Crippen LogP contribution in [-0.2, 0) is 9.53 Å². The number of nitrogens with two attached hydrogens (primary N) is 1. The maximum Gasteiger partial charge on any atom is 0.408 e. The van der Waals surface area contributed by atoms with Gasteiger partial charge in [0.2, 0.25) is 0 Å². The summed E-state index contributed by atoms with van der Waals surface area (Å²) in [6, 6.07) is -0.580. The molecule has 0 aromatic heterocycles. The minimum Gasteiger partial charge on any atom is -0.444 e. The number of nitrogens with one attached hydrogen (secondary N) is 3. The molecular formula is C12H24N4O3. The van der Waals surface area contributed by atoms with Gasteiger partial charge in [-0.05, 0) is 40.5 Å². The lowest BCUT2D eigenvalue weighted by Gasteiger charge is -2.22. The summed E-state index contributed by atoms with van der Waals surface area (Å²) in [6.07, 6.45) is 0.473. The average Bonchev–Trinajstić information content (AvgIpc) is 2.19. The predicted octanol–water partition coefficient (Wildman–Crippen LogP) is 0.732. The third kappa shape index (κ3) is 9.87. The second-order valence-corrected chi connectivity index (χ2v) is 5.29. The maximum absolute atomic E-state index is 11.6. The Bertz CT molecular complexity index is 336. The Morgan fingerprint density at radius 3 is 2.37 bits per heavy atom. The van der Waals surface area contributed by atoms with Gasteiger partial charge in [-0.3, -0.25) is 10.2 Å². The number of amides is 1. The van der Waals surface area contributed by atoms with E-state index in [1.54, 1.807) is 20.8 Å². The molecule has 0 spiro atoms. The van der Waals surface area contributed by atoms with Crippen LogP contribution in [0, 0.1) is 5.41 Å². The summed E-state index contributed by atoms with van der Waals surface area (Å²) >= 11 is 0. The highest BCUT2D eigenvalue weighted by Crippen LogP contribution is 2.07. The van der Waals surface area contributed by atoms with Gasteiger partial charge in [-0.2, -0.15) is 0 Å². The molecule has 5 N–H and O–H groups in total. The van der Waals surface area contributed by atoms with Crippen LogP contribution in [-0.4, -0.2) is 36.0 Å². The average molecular weight is 272 g/mol. The van der Waals surface area contributed by atoms with E-state index in [0.717, 1.165) is 0 Å². The van der Waals surface area contributed by atoms with Crippen LogP contribution in [0.15, 0.2) is 0 Å². The SMILES string of the molecule is CC(=O)[C@H](CCCNC(=N)N)NC(=O)OC(C)(C)C. The number of hydrogen-bond donors (Lipinski definition) is 4. The minimum atomic E-state index is -0.604. The zero-order valence-electron chi connectivity index (χ0n) is 12.0. The van der Waals surface area contributed by atoms with Gasteiger partial charge >= 0.3 is 6.09 Å². The number of Topliss-reactive ketones (excluding diaryl/α,β-unsaturated/α-hetero) is 1. The standard InChI is InChI=1S/C12H24N4O3/c1-8(17)9(6-5-7-15-10(13)14)16-11(18)19-12(2,3)4/h9H,5-7H2,1-4H3,(H,16,18)(H4,13,14,15)/t9-/m0/s1. The highest BCUT2D eigenvalue weighted by Gasteiger charge is 2.21. The molecule has 0 aromatic rings. The van der Waals surface area contributed by atoms with Gasteiger partial charge in [0.25, 0.3) is 0 Å². The number of ether oxygens (including phenoxy) is 1. The molecule has 0 rings (SSSR count). The van der Waals surface area contributed by atoms with Gasteiger partial charge < -0.3 is 21.1 Å². The quantitative estimate of drug-likeness (QED) is 0.323. The molecule has 0 heterocycles. The van der Waals surface area contributed by atoms with Crippen molar-refractivity contribution in [2.24, 2.45) is 5.73 Å². The first-order valence-corrected chi connectivity index (χ1v) is 6.19. The van der Waals surface area contributed by atoms with E-state index in [-0.39, 0.29) is 11.7 Å². The lowest BCUT2D eigenvalue weighted by molar-refractivity contribution is -0.119. The highest BCUT2D eigenvalue weighted by atomic mass is 16.6. The van der Waals surface area contributed by atoms with Gasteiger partial charge in [-0.25, -0.2) is 4.79 Å². The zero-order valence-corrected chi connectivity index (χ0v) is 12.0. The number of carbonyl (C=O) groups excluding carboxylic acids is 2. The maximum atomic E-state index is 11.6. The van der Waals surface area contributed by atoms with Gasteiger partial charge in [-0.1, -0.05) is 0 Å². The van der Waals surface area contributed by atoms with E-state index in [9.17, 15) is 9.59 Å². The number of hydrogen-bond acceptors (Lipinski definition) is 4. The number of rotatable bonds is 6. The summed E-state index contributed by atoms with van der Waals surface area (Å²) in [5.74, 6) is -0.242. The summed E-state index contributed by atoms with van der Waals surface area (Å²) in [5.41, 5.74) is 4.54. The van der Waals surface area contributed by atoms with Crippen LogP contribution in [0.1, 0.15) is 40.5 Å². The smallest absolute Gasteiger partial charge is 0.408 e. The molecule has 0 aliphatic heterocycles. The lowest BCUT2D eigenvalue weighted by Crippen LogP contribution is -2.43. The molecule has 1 amide bonds. The molecule has 0 aromatic carbocycles. The zero-order chi connectivity index (χ0) is 15.1. The first-order chi connectivity index (χ1) is 8.61. The Morgan fingerprint density at radius 2 is 1.95 bits per heavy atom.